The van der Waals surface area contributed by atoms with Crippen LogP contribution in [0, 0.1) is 5.92 Å². The number of thiazole rings is 1. The molecule has 104 valence electrons. The van der Waals surface area contributed by atoms with E-state index in [0.717, 1.165) is 36.6 Å². The summed E-state index contributed by atoms with van der Waals surface area (Å²) in [7, 11) is 0. The van der Waals surface area contributed by atoms with Crippen LogP contribution in [0.2, 0.25) is 0 Å². The number of carbonyl (C=O) groups excluding carboxylic acids is 1. The van der Waals surface area contributed by atoms with E-state index in [1.165, 1.54) is 5.56 Å². The third-order valence-corrected chi connectivity index (χ3v) is 4.53. The fourth-order valence-corrected chi connectivity index (χ4v) is 3.29. The summed E-state index contributed by atoms with van der Waals surface area (Å²) < 4.78 is 0. The number of amides is 1. The third kappa shape index (κ3) is 2.88. The topological polar surface area (TPSA) is 46.1 Å². The number of carbonyl (C=O) groups is 1. The van der Waals surface area contributed by atoms with Crippen LogP contribution in [0.3, 0.4) is 0 Å². The molecular formula is C15H17N3OS. The van der Waals surface area contributed by atoms with Crippen LogP contribution in [0.5, 0.6) is 0 Å². The molecule has 1 aliphatic rings. The highest BCUT2D eigenvalue weighted by atomic mass is 32.1. The van der Waals surface area contributed by atoms with Gasteiger partial charge in [0.25, 0.3) is 0 Å². The molecule has 4 nitrogen and oxygen atoms in total. The fourth-order valence-electron chi connectivity index (χ4n) is 2.69. The second kappa shape index (κ2) is 5.71. The highest BCUT2D eigenvalue weighted by molar-refractivity contribution is 7.13. The zero-order valence-electron chi connectivity index (χ0n) is 11.5. The van der Waals surface area contributed by atoms with Crippen molar-refractivity contribution < 1.29 is 4.79 Å². The van der Waals surface area contributed by atoms with Crippen molar-refractivity contribution in [2.75, 3.05) is 13.1 Å². The molecule has 1 saturated heterocycles. The Hall–Kier alpha value is -1.75. The van der Waals surface area contributed by atoms with Crippen molar-refractivity contribution in [3.05, 3.63) is 35.5 Å². The molecule has 0 N–H and O–H groups in total. The van der Waals surface area contributed by atoms with Crippen LogP contribution in [-0.4, -0.2) is 33.9 Å². The van der Waals surface area contributed by atoms with E-state index in [2.05, 4.69) is 22.1 Å². The quantitative estimate of drug-likeness (QED) is 0.871. The van der Waals surface area contributed by atoms with Gasteiger partial charge in [0.15, 0.2) is 0 Å². The first-order chi connectivity index (χ1) is 9.72. The molecule has 0 aliphatic carbocycles. The van der Waals surface area contributed by atoms with Gasteiger partial charge in [-0.05, 0) is 36.5 Å². The summed E-state index contributed by atoms with van der Waals surface area (Å²) in [5.74, 6) is 0.746. The lowest BCUT2D eigenvalue weighted by molar-refractivity contribution is -0.127. The van der Waals surface area contributed by atoms with Crippen LogP contribution in [0.25, 0.3) is 10.7 Å². The summed E-state index contributed by atoms with van der Waals surface area (Å²) in [5.41, 5.74) is 2.22. The van der Waals surface area contributed by atoms with Crippen molar-refractivity contribution >= 4 is 17.2 Å². The monoisotopic (exact) mass is 287 g/mol. The predicted molar refractivity (Wildman–Crippen MR) is 79.4 cm³/mol. The largest absolute Gasteiger partial charge is 0.343 e. The number of rotatable bonds is 3. The third-order valence-electron chi connectivity index (χ3n) is 3.73. The molecule has 0 bridgehead atoms. The van der Waals surface area contributed by atoms with E-state index >= 15 is 0 Å². The van der Waals surface area contributed by atoms with Gasteiger partial charge in [-0.1, -0.05) is 0 Å². The van der Waals surface area contributed by atoms with Crippen LogP contribution in [0.1, 0.15) is 18.9 Å². The van der Waals surface area contributed by atoms with Crippen molar-refractivity contribution in [2.45, 2.75) is 19.8 Å². The lowest BCUT2D eigenvalue weighted by Crippen LogP contribution is -2.26. The van der Waals surface area contributed by atoms with Gasteiger partial charge in [0.1, 0.15) is 5.01 Å². The molecule has 0 spiro atoms. The van der Waals surface area contributed by atoms with E-state index in [0.29, 0.717) is 5.92 Å². The van der Waals surface area contributed by atoms with E-state index in [1.54, 1.807) is 24.5 Å². The SMILES string of the molecule is CC(=O)N1CCC(Cc2ccnc(-c3nccs3)c2)C1. The van der Waals surface area contributed by atoms with Crippen LogP contribution >= 0.6 is 11.3 Å². The molecule has 0 aromatic carbocycles. The summed E-state index contributed by atoms with van der Waals surface area (Å²) in [4.78, 5) is 22.0. The van der Waals surface area contributed by atoms with E-state index in [-0.39, 0.29) is 5.91 Å². The lowest BCUT2D eigenvalue weighted by atomic mass is 9.99. The van der Waals surface area contributed by atoms with Crippen molar-refractivity contribution in [1.82, 2.24) is 14.9 Å². The molecule has 1 amide bonds. The van der Waals surface area contributed by atoms with Gasteiger partial charge in [0.2, 0.25) is 5.91 Å². The first-order valence-corrected chi connectivity index (χ1v) is 7.70. The van der Waals surface area contributed by atoms with Gasteiger partial charge < -0.3 is 4.90 Å². The molecule has 1 unspecified atom stereocenters. The van der Waals surface area contributed by atoms with Crippen LogP contribution in [0.15, 0.2) is 29.9 Å². The maximum absolute atomic E-state index is 11.4. The molecule has 2 aromatic heterocycles. The Morgan fingerprint density at radius 2 is 2.35 bits per heavy atom. The second-order valence-corrected chi connectivity index (χ2v) is 6.11. The zero-order valence-corrected chi connectivity index (χ0v) is 12.3. The van der Waals surface area contributed by atoms with Crippen molar-refractivity contribution in [3.8, 4) is 10.7 Å². The molecule has 0 radical (unpaired) electrons. The molecule has 1 atom stereocenters. The van der Waals surface area contributed by atoms with E-state index < -0.39 is 0 Å². The van der Waals surface area contributed by atoms with Gasteiger partial charge in [0.05, 0.1) is 5.69 Å². The Balaban J connectivity index is 1.70. The molecule has 3 heterocycles. The highest BCUT2D eigenvalue weighted by Crippen LogP contribution is 2.24. The van der Waals surface area contributed by atoms with E-state index in [4.69, 9.17) is 0 Å². The van der Waals surface area contributed by atoms with Crippen LogP contribution in [-0.2, 0) is 11.2 Å². The van der Waals surface area contributed by atoms with Gasteiger partial charge in [-0.15, -0.1) is 11.3 Å². The smallest absolute Gasteiger partial charge is 0.219 e. The summed E-state index contributed by atoms with van der Waals surface area (Å²) in [6, 6.07) is 4.18. The maximum atomic E-state index is 11.4. The molecule has 2 aromatic rings. The van der Waals surface area contributed by atoms with Gasteiger partial charge in [0, 0.05) is 37.8 Å². The maximum Gasteiger partial charge on any atom is 0.219 e. The molecule has 1 fully saturated rings. The van der Waals surface area contributed by atoms with Crippen molar-refractivity contribution in [1.29, 1.82) is 0 Å². The standard InChI is InChI=1S/C15H17N3OS/c1-11(19)18-6-3-13(10-18)8-12-2-4-16-14(9-12)15-17-5-7-20-15/h2,4-5,7,9,13H,3,6,8,10H2,1H3. The number of aromatic nitrogens is 2. The minimum atomic E-state index is 0.186. The molecule has 1 aliphatic heterocycles. The van der Waals surface area contributed by atoms with Gasteiger partial charge >= 0.3 is 0 Å². The summed E-state index contributed by atoms with van der Waals surface area (Å²) in [6.45, 7) is 3.42. The average molecular weight is 287 g/mol. The summed E-state index contributed by atoms with van der Waals surface area (Å²) in [5, 5.41) is 2.93. The van der Waals surface area contributed by atoms with Gasteiger partial charge in [-0.3, -0.25) is 9.78 Å². The van der Waals surface area contributed by atoms with E-state index in [9.17, 15) is 4.79 Å². The zero-order chi connectivity index (χ0) is 13.9. The molecular weight excluding hydrogens is 270 g/mol. The Labute approximate surface area is 122 Å². The first-order valence-electron chi connectivity index (χ1n) is 6.82. The van der Waals surface area contributed by atoms with Crippen LogP contribution in [0.4, 0.5) is 0 Å². The van der Waals surface area contributed by atoms with Gasteiger partial charge in [-0.25, -0.2) is 4.98 Å². The minimum Gasteiger partial charge on any atom is -0.343 e. The Kier molecular flexibility index (Phi) is 3.78. The summed E-state index contributed by atoms with van der Waals surface area (Å²) in [6.07, 6.45) is 5.75. The van der Waals surface area contributed by atoms with Crippen molar-refractivity contribution in [2.24, 2.45) is 5.92 Å². The Morgan fingerprint density at radius 1 is 1.45 bits per heavy atom. The first kappa shape index (κ1) is 13.2. The van der Waals surface area contributed by atoms with Crippen molar-refractivity contribution in [3.63, 3.8) is 0 Å². The number of likely N-dealkylation sites (tertiary alicyclic amines) is 1. The summed E-state index contributed by atoms with van der Waals surface area (Å²) >= 11 is 1.61. The Bertz CT molecular complexity index is 597. The average Bonchev–Trinajstić information content (AvgIpc) is 3.10. The minimum absolute atomic E-state index is 0.186. The molecule has 3 rings (SSSR count). The number of nitrogens with zero attached hydrogens (tertiary/aromatic N) is 3. The van der Waals surface area contributed by atoms with Crippen LogP contribution < -0.4 is 0 Å². The Morgan fingerprint density at radius 3 is 3.05 bits per heavy atom. The second-order valence-electron chi connectivity index (χ2n) is 5.21. The lowest BCUT2D eigenvalue weighted by Gasteiger charge is -2.14. The number of hydrogen-bond donors (Lipinski definition) is 0. The fraction of sp³-hybridized carbons (Fsp3) is 0.400. The normalized spacial score (nSPS) is 18.4. The molecule has 0 saturated carbocycles. The van der Waals surface area contributed by atoms with E-state index in [1.807, 2.05) is 16.5 Å². The molecule has 20 heavy (non-hydrogen) atoms. The molecule has 5 heteroatoms. The highest BCUT2D eigenvalue weighted by Gasteiger charge is 2.24. The van der Waals surface area contributed by atoms with Gasteiger partial charge in [-0.2, -0.15) is 0 Å². The number of pyridine rings is 1. The number of hydrogen-bond acceptors (Lipinski definition) is 4. The predicted octanol–water partition coefficient (Wildman–Crippen LogP) is 2.62.